The first-order chi connectivity index (χ1) is 7.06. The van der Waals surface area contributed by atoms with Crippen LogP contribution in [0.1, 0.15) is 20.3 Å². The average molecular weight is 208 g/mol. The number of hydrogen-bond donors (Lipinski definition) is 0. The van der Waals surface area contributed by atoms with Gasteiger partial charge in [-0.3, -0.25) is 0 Å². The van der Waals surface area contributed by atoms with Crippen LogP contribution in [0.25, 0.3) is 0 Å². The van der Waals surface area contributed by atoms with Crippen molar-refractivity contribution < 1.29 is 14.3 Å². The van der Waals surface area contributed by atoms with Crippen LogP contribution in [-0.4, -0.2) is 24.3 Å². The van der Waals surface area contributed by atoms with Gasteiger partial charge in [0, 0.05) is 11.5 Å². The molecule has 1 fully saturated rings. The van der Waals surface area contributed by atoms with Crippen LogP contribution in [0.4, 0.5) is 0 Å². The van der Waals surface area contributed by atoms with Crippen LogP contribution in [0.15, 0.2) is 24.3 Å². The van der Waals surface area contributed by atoms with Crippen LogP contribution in [0.3, 0.4) is 0 Å². The van der Waals surface area contributed by atoms with Gasteiger partial charge in [-0.05, 0) is 20.3 Å². The molecule has 1 aliphatic heterocycles. The summed E-state index contributed by atoms with van der Waals surface area (Å²) in [5.41, 5.74) is 0.301. The van der Waals surface area contributed by atoms with E-state index in [9.17, 15) is 4.79 Å². The van der Waals surface area contributed by atoms with Gasteiger partial charge in [0.15, 0.2) is 0 Å². The maximum absolute atomic E-state index is 11.2. The molecule has 3 heteroatoms. The Kier molecular flexibility index (Phi) is 2.43. The van der Waals surface area contributed by atoms with Crippen molar-refractivity contribution in [1.82, 2.24) is 0 Å². The Bertz CT molecular complexity index is 332. The van der Waals surface area contributed by atoms with Crippen LogP contribution >= 0.6 is 0 Å². The van der Waals surface area contributed by atoms with Gasteiger partial charge in [-0.15, -0.1) is 0 Å². The minimum Gasteiger partial charge on any atom is -0.462 e. The van der Waals surface area contributed by atoms with Crippen molar-refractivity contribution >= 4 is 5.97 Å². The van der Waals surface area contributed by atoms with Crippen LogP contribution in [-0.2, 0) is 14.3 Å². The lowest BCUT2D eigenvalue weighted by Crippen LogP contribution is -2.26. The summed E-state index contributed by atoms with van der Waals surface area (Å²) in [5, 5.41) is 0. The van der Waals surface area contributed by atoms with Crippen LogP contribution in [0.2, 0.25) is 0 Å². The fourth-order valence-corrected chi connectivity index (χ4v) is 2.11. The topological polar surface area (TPSA) is 38.8 Å². The van der Waals surface area contributed by atoms with Crippen molar-refractivity contribution in [2.75, 3.05) is 6.61 Å². The lowest BCUT2D eigenvalue weighted by Gasteiger charge is -2.15. The summed E-state index contributed by atoms with van der Waals surface area (Å²) in [6.45, 7) is 7.66. The van der Waals surface area contributed by atoms with Gasteiger partial charge in [0.05, 0.1) is 12.7 Å². The first-order valence-corrected chi connectivity index (χ1v) is 5.24. The first kappa shape index (κ1) is 10.4. The molecule has 0 bridgehead atoms. The summed E-state index contributed by atoms with van der Waals surface area (Å²) >= 11 is 0. The van der Waals surface area contributed by atoms with E-state index in [1.807, 2.05) is 6.92 Å². The van der Waals surface area contributed by atoms with E-state index in [2.05, 4.69) is 18.7 Å². The van der Waals surface area contributed by atoms with Crippen molar-refractivity contribution in [3.8, 4) is 0 Å². The Balaban J connectivity index is 1.87. The van der Waals surface area contributed by atoms with Gasteiger partial charge in [0.1, 0.15) is 5.60 Å². The molecule has 0 N–H and O–H groups in total. The number of esters is 1. The Morgan fingerprint density at radius 1 is 1.73 bits per heavy atom. The third-order valence-corrected chi connectivity index (χ3v) is 3.16. The second kappa shape index (κ2) is 3.49. The third-order valence-electron chi connectivity index (χ3n) is 3.16. The number of hydrogen-bond acceptors (Lipinski definition) is 3. The van der Waals surface area contributed by atoms with Gasteiger partial charge >= 0.3 is 5.97 Å². The van der Waals surface area contributed by atoms with E-state index in [0.29, 0.717) is 12.2 Å². The molecule has 0 aromatic carbocycles. The van der Waals surface area contributed by atoms with Gasteiger partial charge < -0.3 is 9.47 Å². The third kappa shape index (κ3) is 1.72. The predicted octanol–water partition coefficient (Wildman–Crippen LogP) is 1.84. The monoisotopic (exact) mass is 208 g/mol. The molecule has 1 spiro atoms. The van der Waals surface area contributed by atoms with Gasteiger partial charge in [0.25, 0.3) is 0 Å². The highest BCUT2D eigenvalue weighted by atomic mass is 16.6. The summed E-state index contributed by atoms with van der Waals surface area (Å²) in [6, 6.07) is 0. The highest BCUT2D eigenvalue weighted by Crippen LogP contribution is 2.49. The predicted molar refractivity (Wildman–Crippen MR) is 56.3 cm³/mol. The van der Waals surface area contributed by atoms with Gasteiger partial charge in [-0.25, -0.2) is 4.79 Å². The quantitative estimate of drug-likeness (QED) is 0.307. The second-order valence-corrected chi connectivity index (χ2v) is 4.33. The first-order valence-electron chi connectivity index (χ1n) is 5.24. The maximum Gasteiger partial charge on any atom is 0.333 e. The SMILES string of the molecule is C=C(C)C(=O)OCC1CC=CC12OC2C. The summed E-state index contributed by atoms with van der Waals surface area (Å²) in [4.78, 5) is 11.2. The molecule has 1 heterocycles. The largest absolute Gasteiger partial charge is 0.462 e. The fourth-order valence-electron chi connectivity index (χ4n) is 2.11. The van der Waals surface area contributed by atoms with Crippen molar-refractivity contribution in [3.05, 3.63) is 24.3 Å². The zero-order valence-electron chi connectivity index (χ0n) is 9.16. The molecular formula is C12H16O3. The molecule has 3 unspecified atom stereocenters. The lowest BCUT2D eigenvalue weighted by molar-refractivity contribution is -0.140. The Morgan fingerprint density at radius 2 is 2.40 bits per heavy atom. The number of allylic oxidation sites excluding steroid dienone is 1. The molecule has 1 aliphatic carbocycles. The Labute approximate surface area is 89.8 Å². The molecule has 0 aromatic heterocycles. The van der Waals surface area contributed by atoms with Gasteiger partial charge in [-0.1, -0.05) is 18.7 Å². The van der Waals surface area contributed by atoms with Crippen LogP contribution in [0.5, 0.6) is 0 Å². The van der Waals surface area contributed by atoms with E-state index in [-0.39, 0.29) is 23.6 Å². The van der Waals surface area contributed by atoms with Gasteiger partial charge in [-0.2, -0.15) is 0 Å². The summed E-state index contributed by atoms with van der Waals surface area (Å²) in [5.74, 6) is -0.0406. The molecule has 0 radical (unpaired) electrons. The summed E-state index contributed by atoms with van der Waals surface area (Å²) < 4.78 is 10.7. The molecule has 2 aliphatic rings. The molecule has 3 atom stereocenters. The molecular weight excluding hydrogens is 192 g/mol. The highest BCUT2D eigenvalue weighted by molar-refractivity contribution is 5.86. The van der Waals surface area contributed by atoms with E-state index >= 15 is 0 Å². The normalized spacial score (nSPS) is 36.9. The molecule has 0 amide bonds. The Morgan fingerprint density at radius 3 is 2.93 bits per heavy atom. The highest BCUT2D eigenvalue weighted by Gasteiger charge is 2.58. The fraction of sp³-hybridized carbons (Fsp3) is 0.583. The zero-order chi connectivity index (χ0) is 11.1. The molecule has 2 rings (SSSR count). The number of rotatable bonds is 3. The zero-order valence-corrected chi connectivity index (χ0v) is 9.16. The maximum atomic E-state index is 11.2. The van der Waals surface area contributed by atoms with Crippen molar-refractivity contribution in [3.63, 3.8) is 0 Å². The molecule has 1 saturated heterocycles. The second-order valence-electron chi connectivity index (χ2n) is 4.33. The number of ether oxygens (including phenoxy) is 2. The molecule has 0 aromatic rings. The summed E-state index contributed by atoms with van der Waals surface area (Å²) in [6.07, 6.45) is 5.37. The Hall–Kier alpha value is -1.09. The van der Waals surface area contributed by atoms with Crippen molar-refractivity contribution in [2.45, 2.75) is 32.0 Å². The van der Waals surface area contributed by atoms with E-state index < -0.39 is 0 Å². The minimum absolute atomic E-state index is 0.143. The molecule has 15 heavy (non-hydrogen) atoms. The van der Waals surface area contributed by atoms with E-state index in [1.165, 1.54) is 0 Å². The van der Waals surface area contributed by atoms with Crippen LogP contribution in [0, 0.1) is 5.92 Å². The molecule has 0 saturated carbocycles. The minimum atomic E-state index is -0.314. The van der Waals surface area contributed by atoms with Crippen molar-refractivity contribution in [1.29, 1.82) is 0 Å². The lowest BCUT2D eigenvalue weighted by atomic mass is 9.93. The number of epoxide rings is 1. The molecule has 82 valence electrons. The summed E-state index contributed by atoms with van der Waals surface area (Å²) in [7, 11) is 0. The smallest absolute Gasteiger partial charge is 0.333 e. The average Bonchev–Trinajstić information content (AvgIpc) is 2.66. The number of carbonyl (C=O) groups excluding carboxylic acids is 1. The van der Waals surface area contributed by atoms with Gasteiger partial charge in [0.2, 0.25) is 0 Å². The number of carbonyl (C=O) groups is 1. The van der Waals surface area contributed by atoms with E-state index in [0.717, 1.165) is 6.42 Å². The molecule has 3 nitrogen and oxygen atoms in total. The van der Waals surface area contributed by atoms with Crippen LogP contribution < -0.4 is 0 Å². The standard InChI is InChI=1S/C12H16O3/c1-8(2)11(13)14-7-10-5-4-6-12(10)9(3)15-12/h4,6,9-10H,1,5,7H2,2-3H3. The van der Waals surface area contributed by atoms with E-state index in [4.69, 9.17) is 9.47 Å². The van der Waals surface area contributed by atoms with E-state index in [1.54, 1.807) is 6.92 Å². The van der Waals surface area contributed by atoms with Crippen molar-refractivity contribution in [2.24, 2.45) is 5.92 Å².